The van der Waals surface area contributed by atoms with Crippen LogP contribution < -0.4 is 9.64 Å². The monoisotopic (exact) mass is 329 g/mol. The number of rotatable bonds is 4. The number of amides is 1. The number of halogens is 1. The zero-order valence-corrected chi connectivity index (χ0v) is 13.0. The van der Waals surface area contributed by atoms with Crippen molar-refractivity contribution in [2.45, 2.75) is 26.0 Å². The molecule has 0 fully saturated rings. The molecule has 24 heavy (non-hydrogen) atoms. The number of carbonyl (C=O) groups is 2. The molecule has 1 unspecified atom stereocenters. The fourth-order valence-corrected chi connectivity index (χ4v) is 2.68. The number of carboxylic acid groups (broad SMARTS) is 1. The molecule has 3 rings (SSSR count). The van der Waals surface area contributed by atoms with Crippen molar-refractivity contribution < 1.29 is 23.8 Å². The Hall–Kier alpha value is -2.89. The van der Waals surface area contributed by atoms with Gasteiger partial charge in [0, 0.05) is 5.56 Å². The quantitative estimate of drug-likeness (QED) is 0.936. The summed E-state index contributed by atoms with van der Waals surface area (Å²) in [7, 11) is 0. The van der Waals surface area contributed by atoms with Gasteiger partial charge in [0.05, 0.1) is 18.7 Å². The standard InChI is InChI=1S/C18H16FNO4/c1-11-6-7-15-14(8-11)20(10-12-4-2-3-5-13(12)19)18(23)16(24-15)9-17(21)22/h2-8,16H,9-10H2,1H3,(H,21,22). The van der Waals surface area contributed by atoms with Gasteiger partial charge in [-0.05, 0) is 30.7 Å². The van der Waals surface area contributed by atoms with Gasteiger partial charge in [0.2, 0.25) is 0 Å². The normalized spacial score (nSPS) is 16.5. The Morgan fingerprint density at radius 3 is 2.75 bits per heavy atom. The average molecular weight is 329 g/mol. The maximum absolute atomic E-state index is 14.0. The highest BCUT2D eigenvalue weighted by atomic mass is 19.1. The Balaban J connectivity index is 2.01. The molecule has 0 saturated carbocycles. The largest absolute Gasteiger partial charge is 0.481 e. The molecule has 0 aromatic heterocycles. The summed E-state index contributed by atoms with van der Waals surface area (Å²) in [4.78, 5) is 25.0. The van der Waals surface area contributed by atoms with Crippen molar-refractivity contribution in [3.8, 4) is 5.75 Å². The van der Waals surface area contributed by atoms with Gasteiger partial charge < -0.3 is 14.7 Å². The average Bonchev–Trinajstić information content (AvgIpc) is 2.53. The third-order valence-electron chi connectivity index (χ3n) is 3.86. The van der Waals surface area contributed by atoms with Crippen molar-refractivity contribution in [2.75, 3.05) is 4.90 Å². The maximum Gasteiger partial charge on any atom is 0.307 e. The van der Waals surface area contributed by atoms with E-state index in [-0.39, 0.29) is 6.54 Å². The van der Waals surface area contributed by atoms with Crippen molar-refractivity contribution in [1.82, 2.24) is 0 Å². The Labute approximate surface area is 138 Å². The van der Waals surface area contributed by atoms with Crippen LogP contribution in [0.15, 0.2) is 42.5 Å². The predicted octanol–water partition coefficient (Wildman–Crippen LogP) is 2.90. The number of carbonyl (C=O) groups excluding carboxylic acids is 1. The molecule has 1 aliphatic rings. The van der Waals surface area contributed by atoms with E-state index in [4.69, 9.17) is 9.84 Å². The van der Waals surface area contributed by atoms with E-state index in [2.05, 4.69) is 0 Å². The first-order valence-electron chi connectivity index (χ1n) is 7.49. The maximum atomic E-state index is 14.0. The summed E-state index contributed by atoms with van der Waals surface area (Å²) in [5.74, 6) is -1.61. The summed E-state index contributed by atoms with van der Waals surface area (Å²) in [6.45, 7) is 1.89. The Bertz CT molecular complexity index is 805. The highest BCUT2D eigenvalue weighted by Crippen LogP contribution is 2.36. The van der Waals surface area contributed by atoms with Gasteiger partial charge in [-0.15, -0.1) is 0 Å². The Kier molecular flexibility index (Phi) is 4.20. The van der Waals surface area contributed by atoms with E-state index in [1.165, 1.54) is 11.0 Å². The minimum atomic E-state index is -1.13. The molecule has 0 saturated heterocycles. The molecule has 1 amide bonds. The molecular weight excluding hydrogens is 313 g/mol. The van der Waals surface area contributed by atoms with E-state index in [0.717, 1.165) is 5.56 Å². The number of hydrogen-bond acceptors (Lipinski definition) is 3. The van der Waals surface area contributed by atoms with E-state index < -0.39 is 30.2 Å². The molecule has 1 N–H and O–H groups in total. The molecule has 2 aromatic carbocycles. The number of aryl methyl sites for hydroxylation is 1. The van der Waals surface area contributed by atoms with E-state index >= 15 is 0 Å². The number of nitrogens with zero attached hydrogens (tertiary/aromatic N) is 1. The molecule has 1 aliphatic heterocycles. The molecule has 0 spiro atoms. The summed E-state index contributed by atoms with van der Waals surface area (Å²) in [6.07, 6.45) is -1.57. The van der Waals surface area contributed by atoms with E-state index in [1.54, 1.807) is 30.3 Å². The van der Waals surface area contributed by atoms with Gasteiger partial charge in [-0.3, -0.25) is 9.59 Å². The molecule has 1 atom stereocenters. The SMILES string of the molecule is Cc1ccc2c(c1)N(Cc1ccccc1F)C(=O)C(CC(=O)O)O2. The minimum Gasteiger partial charge on any atom is -0.481 e. The first-order valence-corrected chi connectivity index (χ1v) is 7.49. The zero-order valence-electron chi connectivity index (χ0n) is 13.0. The van der Waals surface area contributed by atoms with Gasteiger partial charge in [-0.1, -0.05) is 24.3 Å². The van der Waals surface area contributed by atoms with Gasteiger partial charge in [0.25, 0.3) is 5.91 Å². The molecular formula is C18H16FNO4. The van der Waals surface area contributed by atoms with Crippen LogP contribution in [0.25, 0.3) is 0 Å². The predicted molar refractivity (Wildman–Crippen MR) is 85.4 cm³/mol. The third-order valence-corrected chi connectivity index (χ3v) is 3.86. The second kappa shape index (κ2) is 6.31. The van der Waals surface area contributed by atoms with Crippen molar-refractivity contribution >= 4 is 17.6 Å². The fourth-order valence-electron chi connectivity index (χ4n) is 2.68. The summed E-state index contributed by atoms with van der Waals surface area (Å²) >= 11 is 0. The lowest BCUT2D eigenvalue weighted by Gasteiger charge is -2.34. The van der Waals surface area contributed by atoms with Crippen LogP contribution in [-0.2, 0) is 16.1 Å². The van der Waals surface area contributed by atoms with Crippen LogP contribution >= 0.6 is 0 Å². The second-order valence-corrected chi connectivity index (χ2v) is 5.69. The molecule has 1 heterocycles. The third kappa shape index (κ3) is 3.08. The zero-order chi connectivity index (χ0) is 17.3. The first-order chi connectivity index (χ1) is 11.5. The number of carboxylic acids is 1. The number of aliphatic carboxylic acids is 1. The number of ether oxygens (including phenoxy) is 1. The van der Waals surface area contributed by atoms with E-state index in [1.807, 2.05) is 13.0 Å². The highest BCUT2D eigenvalue weighted by Gasteiger charge is 2.36. The smallest absolute Gasteiger partial charge is 0.307 e. The lowest BCUT2D eigenvalue weighted by atomic mass is 10.1. The van der Waals surface area contributed by atoms with Crippen LogP contribution in [0.1, 0.15) is 17.5 Å². The second-order valence-electron chi connectivity index (χ2n) is 5.69. The van der Waals surface area contributed by atoms with Crippen LogP contribution in [0.3, 0.4) is 0 Å². The highest BCUT2D eigenvalue weighted by molar-refractivity contribution is 6.01. The van der Waals surface area contributed by atoms with Crippen molar-refractivity contribution in [3.05, 3.63) is 59.4 Å². The van der Waals surface area contributed by atoms with Gasteiger partial charge in [0.15, 0.2) is 6.10 Å². The van der Waals surface area contributed by atoms with Crippen LogP contribution in [0.5, 0.6) is 5.75 Å². The number of benzene rings is 2. The molecule has 5 nitrogen and oxygen atoms in total. The summed E-state index contributed by atoms with van der Waals surface area (Å²) < 4.78 is 19.5. The summed E-state index contributed by atoms with van der Waals surface area (Å²) in [5.41, 5.74) is 1.79. The minimum absolute atomic E-state index is 0.0153. The van der Waals surface area contributed by atoms with Gasteiger partial charge in [0.1, 0.15) is 11.6 Å². The topological polar surface area (TPSA) is 66.8 Å². The fraction of sp³-hybridized carbons (Fsp3) is 0.222. The Morgan fingerprint density at radius 1 is 1.29 bits per heavy atom. The van der Waals surface area contributed by atoms with E-state index in [9.17, 15) is 14.0 Å². The lowest BCUT2D eigenvalue weighted by molar-refractivity contribution is -0.142. The van der Waals surface area contributed by atoms with Crippen molar-refractivity contribution in [1.29, 1.82) is 0 Å². The number of anilines is 1. The lowest BCUT2D eigenvalue weighted by Crippen LogP contribution is -2.46. The summed E-state index contributed by atoms with van der Waals surface area (Å²) in [6, 6.07) is 11.5. The molecule has 6 heteroatoms. The first kappa shape index (κ1) is 16.0. The van der Waals surface area contributed by atoms with Crippen LogP contribution in [-0.4, -0.2) is 23.1 Å². The van der Waals surface area contributed by atoms with Crippen LogP contribution in [0.2, 0.25) is 0 Å². The molecule has 0 bridgehead atoms. The number of fused-ring (bicyclic) bond motifs is 1. The van der Waals surface area contributed by atoms with Gasteiger partial charge in [-0.25, -0.2) is 4.39 Å². The summed E-state index contributed by atoms with van der Waals surface area (Å²) in [5, 5.41) is 8.98. The molecule has 0 aliphatic carbocycles. The van der Waals surface area contributed by atoms with Crippen molar-refractivity contribution in [3.63, 3.8) is 0 Å². The van der Waals surface area contributed by atoms with Crippen molar-refractivity contribution in [2.24, 2.45) is 0 Å². The van der Waals surface area contributed by atoms with Gasteiger partial charge >= 0.3 is 5.97 Å². The van der Waals surface area contributed by atoms with E-state index in [0.29, 0.717) is 17.0 Å². The molecule has 124 valence electrons. The molecule has 2 aromatic rings. The van der Waals surface area contributed by atoms with Crippen LogP contribution in [0.4, 0.5) is 10.1 Å². The Morgan fingerprint density at radius 2 is 2.04 bits per heavy atom. The van der Waals surface area contributed by atoms with Crippen LogP contribution in [0, 0.1) is 12.7 Å². The number of hydrogen-bond donors (Lipinski definition) is 1. The van der Waals surface area contributed by atoms with Gasteiger partial charge in [-0.2, -0.15) is 0 Å². The molecule has 0 radical (unpaired) electrons.